The first-order valence-electron chi connectivity index (χ1n) is 6.73. The van der Waals surface area contributed by atoms with Crippen molar-refractivity contribution in [1.82, 2.24) is 9.55 Å². The Kier molecular flexibility index (Phi) is 3.68. The second-order valence-electron chi connectivity index (χ2n) is 5.03. The van der Waals surface area contributed by atoms with Gasteiger partial charge in [-0.25, -0.2) is 4.98 Å². The van der Waals surface area contributed by atoms with Crippen molar-refractivity contribution in [1.29, 1.82) is 0 Å². The lowest BCUT2D eigenvalue weighted by Crippen LogP contribution is -2.18. The van der Waals surface area contributed by atoms with Crippen LogP contribution in [-0.2, 0) is 12.7 Å². The molecule has 0 saturated heterocycles. The summed E-state index contributed by atoms with van der Waals surface area (Å²) in [5.74, 6) is -1.13. The molecule has 120 valence electrons. The third-order valence-corrected chi connectivity index (χ3v) is 3.94. The Morgan fingerprint density at radius 1 is 1.39 bits per heavy atom. The highest BCUT2D eigenvalue weighted by Gasteiger charge is 2.43. The van der Waals surface area contributed by atoms with Gasteiger partial charge in [0.05, 0.1) is 22.5 Å². The number of hydrogen-bond acceptors (Lipinski definition) is 2. The van der Waals surface area contributed by atoms with E-state index in [2.05, 4.69) is 4.98 Å². The van der Waals surface area contributed by atoms with Crippen LogP contribution in [0.15, 0.2) is 24.4 Å². The monoisotopic (exact) mass is 341 g/mol. The number of allylic oxidation sites excluding steroid dienone is 1. The van der Waals surface area contributed by atoms with E-state index < -0.39 is 23.2 Å². The van der Waals surface area contributed by atoms with Gasteiger partial charge in [-0.1, -0.05) is 17.7 Å². The lowest BCUT2D eigenvalue weighted by Gasteiger charge is -2.16. The predicted octanol–water partition coefficient (Wildman–Crippen LogP) is 3.74. The lowest BCUT2D eigenvalue weighted by atomic mass is 10.0. The summed E-state index contributed by atoms with van der Waals surface area (Å²) in [5, 5.41) is -0.0659. The Hall–Kier alpha value is -2.28. The molecule has 0 aromatic carbocycles. The van der Waals surface area contributed by atoms with Crippen molar-refractivity contribution in [2.24, 2.45) is 5.73 Å². The average molecular weight is 342 g/mol. The van der Waals surface area contributed by atoms with Gasteiger partial charge in [0, 0.05) is 18.3 Å². The number of nitrogens with zero attached hydrogens (tertiary/aromatic N) is 2. The molecule has 1 aliphatic heterocycles. The normalized spacial score (nSPS) is 13.9. The summed E-state index contributed by atoms with van der Waals surface area (Å²) >= 11 is 5.99. The predicted molar refractivity (Wildman–Crippen MR) is 79.8 cm³/mol. The smallest absolute Gasteiger partial charge is 0.366 e. The molecule has 0 aliphatic carbocycles. The topological polar surface area (TPSA) is 60.9 Å². The van der Waals surface area contributed by atoms with Gasteiger partial charge < -0.3 is 10.3 Å². The molecule has 0 radical (unpaired) electrons. The molecule has 2 N–H and O–H groups in total. The summed E-state index contributed by atoms with van der Waals surface area (Å²) < 4.78 is 42.4. The quantitative estimate of drug-likeness (QED) is 0.846. The van der Waals surface area contributed by atoms with E-state index in [4.69, 9.17) is 17.3 Å². The molecule has 0 spiro atoms. The third-order valence-electron chi connectivity index (χ3n) is 3.64. The van der Waals surface area contributed by atoms with Crippen molar-refractivity contribution in [3.63, 3.8) is 0 Å². The molecule has 1 amide bonds. The molecule has 23 heavy (non-hydrogen) atoms. The van der Waals surface area contributed by atoms with Crippen LogP contribution in [0.1, 0.15) is 28.0 Å². The summed E-state index contributed by atoms with van der Waals surface area (Å²) in [6.45, 7) is 0.294. The van der Waals surface area contributed by atoms with Gasteiger partial charge in [-0.15, -0.1) is 0 Å². The number of carbonyl (C=O) groups excluding carboxylic acids is 1. The number of rotatable bonds is 2. The second kappa shape index (κ2) is 5.42. The van der Waals surface area contributed by atoms with E-state index in [1.54, 1.807) is 6.08 Å². The molecule has 0 bridgehead atoms. The maximum Gasteiger partial charge on any atom is 0.419 e. The van der Waals surface area contributed by atoms with E-state index in [1.807, 2.05) is 0 Å². The highest BCUT2D eigenvalue weighted by atomic mass is 35.5. The fraction of sp³-hybridized carbons (Fsp3) is 0.200. The molecule has 3 rings (SSSR count). The van der Waals surface area contributed by atoms with E-state index in [1.165, 1.54) is 29.0 Å². The fourth-order valence-electron chi connectivity index (χ4n) is 2.81. The zero-order valence-corrected chi connectivity index (χ0v) is 12.4. The van der Waals surface area contributed by atoms with Gasteiger partial charge in [-0.3, -0.25) is 4.79 Å². The fourth-order valence-corrected chi connectivity index (χ4v) is 3.02. The van der Waals surface area contributed by atoms with E-state index >= 15 is 0 Å². The Morgan fingerprint density at radius 3 is 2.74 bits per heavy atom. The van der Waals surface area contributed by atoms with Gasteiger partial charge in [0.25, 0.3) is 5.91 Å². The van der Waals surface area contributed by atoms with Gasteiger partial charge in [0.15, 0.2) is 0 Å². The SMILES string of the molecule is NC(=O)c1c(C(F)(F)F)c(-c2cccnc2Cl)n2c1C=CCC2. The molecular formula is C15H11ClF3N3O. The number of nitrogens with two attached hydrogens (primary N) is 1. The molecule has 1 aliphatic rings. The van der Waals surface area contributed by atoms with Crippen LogP contribution in [0.4, 0.5) is 13.2 Å². The maximum atomic E-state index is 13.7. The highest BCUT2D eigenvalue weighted by Crippen LogP contribution is 2.45. The van der Waals surface area contributed by atoms with E-state index in [0.29, 0.717) is 13.0 Å². The molecule has 0 atom stereocenters. The van der Waals surface area contributed by atoms with Crippen molar-refractivity contribution in [2.45, 2.75) is 19.1 Å². The van der Waals surface area contributed by atoms with E-state index in [0.717, 1.165) is 0 Å². The first-order valence-corrected chi connectivity index (χ1v) is 7.11. The minimum Gasteiger partial charge on any atom is -0.366 e. The molecule has 4 nitrogen and oxygen atoms in total. The highest BCUT2D eigenvalue weighted by molar-refractivity contribution is 6.32. The van der Waals surface area contributed by atoms with Gasteiger partial charge >= 0.3 is 6.18 Å². The minimum absolute atomic E-state index is 0.0659. The molecule has 0 unspecified atom stereocenters. The standard InChI is InChI=1S/C15H11ClF3N3O/c16-13-8(4-3-6-21-13)12-11(15(17,18)19)10(14(20)23)9-5-1-2-7-22(9)12/h1,3-6H,2,7H2,(H2,20,23). The van der Waals surface area contributed by atoms with Crippen LogP contribution in [0, 0.1) is 0 Å². The second-order valence-corrected chi connectivity index (χ2v) is 5.39. The summed E-state index contributed by atoms with van der Waals surface area (Å²) in [6.07, 6.45) is 0.357. The van der Waals surface area contributed by atoms with Crippen molar-refractivity contribution in [3.8, 4) is 11.3 Å². The largest absolute Gasteiger partial charge is 0.419 e. The van der Waals surface area contributed by atoms with Crippen molar-refractivity contribution < 1.29 is 18.0 Å². The molecule has 2 aromatic rings. The number of pyridine rings is 1. The number of alkyl halides is 3. The third kappa shape index (κ3) is 2.50. The minimum atomic E-state index is -4.75. The maximum absolute atomic E-state index is 13.7. The van der Waals surface area contributed by atoms with Crippen molar-refractivity contribution in [2.75, 3.05) is 0 Å². The van der Waals surface area contributed by atoms with Crippen molar-refractivity contribution >= 4 is 23.6 Å². The number of amides is 1. The van der Waals surface area contributed by atoms with Crippen LogP contribution in [0.2, 0.25) is 5.15 Å². The number of fused-ring (bicyclic) bond motifs is 1. The summed E-state index contributed by atoms with van der Waals surface area (Å²) in [6, 6.07) is 2.93. The zero-order valence-electron chi connectivity index (χ0n) is 11.7. The summed E-state index contributed by atoms with van der Waals surface area (Å²) in [4.78, 5) is 15.5. The van der Waals surface area contributed by atoms with Crippen LogP contribution >= 0.6 is 11.6 Å². The Morgan fingerprint density at radius 2 is 2.13 bits per heavy atom. The van der Waals surface area contributed by atoms with Gasteiger partial charge in [0.1, 0.15) is 5.15 Å². The molecule has 3 heterocycles. The number of hydrogen-bond donors (Lipinski definition) is 1. The van der Waals surface area contributed by atoms with Gasteiger partial charge in [0.2, 0.25) is 0 Å². The van der Waals surface area contributed by atoms with Crippen LogP contribution in [0.25, 0.3) is 17.3 Å². The molecule has 0 fully saturated rings. The van der Waals surface area contributed by atoms with Crippen LogP contribution in [0.5, 0.6) is 0 Å². The summed E-state index contributed by atoms with van der Waals surface area (Å²) in [7, 11) is 0. The number of aromatic nitrogens is 2. The zero-order chi connectivity index (χ0) is 16.8. The van der Waals surface area contributed by atoms with E-state index in [9.17, 15) is 18.0 Å². The number of primary amides is 1. The molecule has 0 saturated carbocycles. The number of carbonyl (C=O) groups is 1. The lowest BCUT2D eigenvalue weighted by molar-refractivity contribution is -0.137. The van der Waals surface area contributed by atoms with Crippen LogP contribution < -0.4 is 5.73 Å². The molecule has 8 heteroatoms. The van der Waals surface area contributed by atoms with Crippen LogP contribution in [0.3, 0.4) is 0 Å². The van der Waals surface area contributed by atoms with Crippen LogP contribution in [-0.4, -0.2) is 15.5 Å². The first-order chi connectivity index (χ1) is 10.8. The Bertz CT molecular complexity index is 824. The van der Waals surface area contributed by atoms with Gasteiger partial charge in [-0.2, -0.15) is 13.2 Å². The summed E-state index contributed by atoms with van der Waals surface area (Å²) in [5.41, 5.74) is 3.71. The first kappa shape index (κ1) is 15.6. The molecular weight excluding hydrogens is 331 g/mol. The molecule has 2 aromatic heterocycles. The number of halogens is 4. The Labute approximate surface area is 134 Å². The van der Waals surface area contributed by atoms with Crippen molar-refractivity contribution in [3.05, 3.63) is 46.4 Å². The van der Waals surface area contributed by atoms with E-state index in [-0.39, 0.29) is 22.1 Å². The van der Waals surface area contributed by atoms with Gasteiger partial charge in [-0.05, 0) is 24.6 Å². The average Bonchev–Trinajstić information content (AvgIpc) is 2.83. The Balaban J connectivity index is 2.46.